The fraction of sp³-hybridized carbons (Fsp3) is 0.0455. The highest BCUT2D eigenvalue weighted by atomic mass is 32.1. The number of phenolic OH excluding ortho intramolecular Hbond substituents is 1. The van der Waals surface area contributed by atoms with Crippen LogP contribution in [0.2, 0.25) is 0 Å². The van der Waals surface area contributed by atoms with Gasteiger partial charge >= 0.3 is 0 Å². The van der Waals surface area contributed by atoms with Gasteiger partial charge in [0.1, 0.15) is 17.0 Å². The Kier molecular flexibility index (Phi) is 5.32. The quantitative estimate of drug-likeness (QED) is 0.424. The van der Waals surface area contributed by atoms with Crippen LogP contribution >= 0.6 is 12.2 Å². The van der Waals surface area contributed by atoms with Crippen LogP contribution < -0.4 is 15.4 Å². The van der Waals surface area contributed by atoms with Crippen LogP contribution in [0, 0.1) is 0 Å². The molecule has 0 radical (unpaired) electrons. The molecule has 1 amide bonds. The topological polar surface area (TPSA) is 96.6 Å². The third-order valence-corrected chi connectivity index (χ3v) is 4.54. The standard InChI is InChI=1S/C22H17N3O4S/c1-28-15-6-4-5-13(11-15)20(27)25-22(30)23-14-9-10-16(18(26)12-14)21-24-17-7-2-3-8-19(17)29-21/h2-12,26H,1H3,(H2,23,25,27,30). The zero-order chi connectivity index (χ0) is 21.1. The Labute approximate surface area is 177 Å². The van der Waals surface area contributed by atoms with Crippen molar-refractivity contribution in [2.24, 2.45) is 0 Å². The third-order valence-electron chi connectivity index (χ3n) is 4.34. The summed E-state index contributed by atoms with van der Waals surface area (Å²) in [7, 11) is 1.53. The van der Waals surface area contributed by atoms with Gasteiger partial charge in [-0.2, -0.15) is 0 Å². The predicted molar refractivity (Wildman–Crippen MR) is 118 cm³/mol. The lowest BCUT2D eigenvalue weighted by molar-refractivity contribution is 0.0977. The summed E-state index contributed by atoms with van der Waals surface area (Å²) in [6.45, 7) is 0. The molecule has 8 heteroatoms. The van der Waals surface area contributed by atoms with Crippen molar-refractivity contribution in [3.05, 3.63) is 72.3 Å². The number of rotatable bonds is 4. The molecule has 3 N–H and O–H groups in total. The molecule has 30 heavy (non-hydrogen) atoms. The van der Waals surface area contributed by atoms with Crippen molar-refractivity contribution < 1.29 is 19.1 Å². The van der Waals surface area contributed by atoms with Gasteiger partial charge in [0.2, 0.25) is 5.89 Å². The van der Waals surface area contributed by atoms with Crippen molar-refractivity contribution >= 4 is 40.0 Å². The number of oxazole rings is 1. The van der Waals surface area contributed by atoms with Gasteiger partial charge in [-0.1, -0.05) is 18.2 Å². The normalized spacial score (nSPS) is 10.6. The number of thiocarbonyl (C=S) groups is 1. The summed E-state index contributed by atoms with van der Waals surface area (Å²) in [5, 5.41) is 16.0. The predicted octanol–water partition coefficient (Wildman–Crippen LogP) is 4.34. The maximum Gasteiger partial charge on any atom is 0.257 e. The number of hydrogen-bond acceptors (Lipinski definition) is 6. The fourth-order valence-electron chi connectivity index (χ4n) is 2.88. The molecular weight excluding hydrogens is 402 g/mol. The first-order valence-corrected chi connectivity index (χ1v) is 9.39. The number of carbonyl (C=O) groups is 1. The molecule has 0 saturated heterocycles. The minimum absolute atomic E-state index is 0.0338. The van der Waals surface area contributed by atoms with Crippen molar-refractivity contribution in [3.63, 3.8) is 0 Å². The van der Waals surface area contributed by atoms with Crippen LogP contribution in [0.1, 0.15) is 10.4 Å². The van der Waals surface area contributed by atoms with E-state index in [0.29, 0.717) is 39.6 Å². The number of methoxy groups -OCH3 is 1. The third kappa shape index (κ3) is 4.08. The minimum Gasteiger partial charge on any atom is -0.507 e. The number of fused-ring (bicyclic) bond motifs is 1. The minimum atomic E-state index is -0.376. The SMILES string of the molecule is COc1cccc(C(=O)NC(=S)Nc2ccc(-c3nc4ccccc4o3)c(O)c2)c1. The van der Waals surface area contributed by atoms with Gasteiger partial charge in [0.05, 0.1) is 12.7 Å². The largest absolute Gasteiger partial charge is 0.507 e. The molecule has 4 rings (SSSR count). The number of ether oxygens (including phenoxy) is 1. The summed E-state index contributed by atoms with van der Waals surface area (Å²) in [6, 6.07) is 18.9. The number of para-hydroxylation sites is 2. The van der Waals surface area contributed by atoms with Gasteiger partial charge in [-0.3, -0.25) is 10.1 Å². The molecule has 4 aromatic rings. The number of anilines is 1. The van der Waals surface area contributed by atoms with E-state index >= 15 is 0 Å². The number of benzene rings is 3. The number of phenols is 1. The molecule has 0 bridgehead atoms. The highest BCUT2D eigenvalue weighted by Gasteiger charge is 2.14. The monoisotopic (exact) mass is 419 g/mol. The molecule has 1 aromatic heterocycles. The van der Waals surface area contributed by atoms with E-state index in [-0.39, 0.29) is 16.8 Å². The summed E-state index contributed by atoms with van der Waals surface area (Å²) in [5.41, 5.74) is 2.70. The number of hydrogen-bond donors (Lipinski definition) is 3. The van der Waals surface area contributed by atoms with Crippen LogP contribution in [0.15, 0.2) is 71.1 Å². The molecule has 0 atom stereocenters. The Morgan fingerprint density at radius 3 is 2.70 bits per heavy atom. The van der Waals surface area contributed by atoms with Crippen molar-refractivity contribution in [2.45, 2.75) is 0 Å². The average molecular weight is 419 g/mol. The van der Waals surface area contributed by atoms with E-state index in [1.54, 1.807) is 36.4 Å². The lowest BCUT2D eigenvalue weighted by atomic mass is 10.2. The number of aromatic nitrogens is 1. The second-order valence-corrected chi connectivity index (χ2v) is 6.77. The van der Waals surface area contributed by atoms with E-state index in [1.165, 1.54) is 13.2 Å². The smallest absolute Gasteiger partial charge is 0.257 e. The van der Waals surface area contributed by atoms with E-state index in [0.717, 1.165) is 0 Å². The van der Waals surface area contributed by atoms with Gasteiger partial charge in [0, 0.05) is 17.3 Å². The van der Waals surface area contributed by atoms with Crippen LogP contribution in [0.5, 0.6) is 11.5 Å². The van der Waals surface area contributed by atoms with E-state index in [4.69, 9.17) is 21.4 Å². The van der Waals surface area contributed by atoms with Crippen molar-refractivity contribution in [1.29, 1.82) is 0 Å². The Bertz CT molecular complexity index is 1220. The first-order chi connectivity index (χ1) is 14.5. The number of nitrogens with zero attached hydrogens (tertiary/aromatic N) is 1. The van der Waals surface area contributed by atoms with Crippen molar-refractivity contribution in [3.8, 4) is 23.0 Å². The van der Waals surface area contributed by atoms with Gasteiger partial charge in [0.25, 0.3) is 5.91 Å². The second-order valence-electron chi connectivity index (χ2n) is 6.36. The summed E-state index contributed by atoms with van der Waals surface area (Å²) in [6.07, 6.45) is 0. The zero-order valence-corrected chi connectivity index (χ0v) is 16.7. The molecule has 0 unspecified atom stereocenters. The zero-order valence-electron chi connectivity index (χ0n) is 15.9. The maximum absolute atomic E-state index is 12.3. The molecule has 3 aromatic carbocycles. The van der Waals surface area contributed by atoms with Crippen LogP contribution in [0.4, 0.5) is 5.69 Å². The molecule has 7 nitrogen and oxygen atoms in total. The molecule has 0 fully saturated rings. The lowest BCUT2D eigenvalue weighted by Crippen LogP contribution is -2.34. The van der Waals surface area contributed by atoms with Crippen LogP contribution in [0.25, 0.3) is 22.6 Å². The van der Waals surface area contributed by atoms with E-state index in [2.05, 4.69) is 15.6 Å². The van der Waals surface area contributed by atoms with Gasteiger partial charge in [-0.05, 0) is 54.7 Å². The summed E-state index contributed by atoms with van der Waals surface area (Å²) < 4.78 is 10.8. The maximum atomic E-state index is 12.3. The van der Waals surface area contributed by atoms with E-state index in [9.17, 15) is 9.90 Å². The fourth-order valence-corrected chi connectivity index (χ4v) is 3.09. The molecule has 1 heterocycles. The highest BCUT2D eigenvalue weighted by molar-refractivity contribution is 7.80. The Morgan fingerprint density at radius 1 is 1.10 bits per heavy atom. The lowest BCUT2D eigenvalue weighted by Gasteiger charge is -2.11. The Balaban J connectivity index is 1.46. The Hall–Kier alpha value is -3.91. The summed E-state index contributed by atoms with van der Waals surface area (Å²) >= 11 is 5.20. The molecule has 150 valence electrons. The van der Waals surface area contributed by atoms with Crippen molar-refractivity contribution in [2.75, 3.05) is 12.4 Å². The van der Waals surface area contributed by atoms with Gasteiger partial charge in [-0.25, -0.2) is 4.98 Å². The summed E-state index contributed by atoms with van der Waals surface area (Å²) in [4.78, 5) is 16.7. The molecule has 0 aliphatic heterocycles. The van der Waals surface area contributed by atoms with E-state index in [1.807, 2.05) is 24.3 Å². The van der Waals surface area contributed by atoms with Crippen LogP contribution in [-0.2, 0) is 0 Å². The van der Waals surface area contributed by atoms with Crippen molar-refractivity contribution in [1.82, 2.24) is 10.3 Å². The number of amides is 1. The van der Waals surface area contributed by atoms with Gasteiger partial charge < -0.3 is 19.6 Å². The molecule has 0 aliphatic carbocycles. The molecule has 0 saturated carbocycles. The summed E-state index contributed by atoms with van der Waals surface area (Å²) in [5.74, 6) is 0.475. The Morgan fingerprint density at radius 2 is 1.93 bits per heavy atom. The first kappa shape index (κ1) is 19.4. The number of aromatic hydroxyl groups is 1. The average Bonchev–Trinajstić information content (AvgIpc) is 3.17. The first-order valence-electron chi connectivity index (χ1n) is 8.99. The number of nitrogens with one attached hydrogen (secondary N) is 2. The van der Waals surface area contributed by atoms with Gasteiger partial charge in [-0.15, -0.1) is 0 Å². The molecular formula is C22H17N3O4S. The molecule has 0 spiro atoms. The van der Waals surface area contributed by atoms with Crippen LogP contribution in [0.3, 0.4) is 0 Å². The van der Waals surface area contributed by atoms with Crippen LogP contribution in [-0.4, -0.2) is 28.2 Å². The highest BCUT2D eigenvalue weighted by Crippen LogP contribution is 2.33. The molecule has 0 aliphatic rings. The second kappa shape index (κ2) is 8.22. The van der Waals surface area contributed by atoms with Gasteiger partial charge in [0.15, 0.2) is 10.7 Å². The number of carbonyl (C=O) groups excluding carboxylic acids is 1. The van der Waals surface area contributed by atoms with E-state index < -0.39 is 0 Å².